The van der Waals surface area contributed by atoms with Gasteiger partial charge in [0.05, 0.1) is 7.11 Å². The predicted octanol–water partition coefficient (Wildman–Crippen LogP) is 2.80. The first-order valence-electron chi connectivity index (χ1n) is 8.66. The van der Waals surface area contributed by atoms with Crippen LogP contribution in [0.3, 0.4) is 0 Å². The fraction of sp³-hybridized carbons (Fsp3) is 0.350. The highest BCUT2D eigenvalue weighted by Crippen LogP contribution is 2.11. The average Bonchev–Trinajstić information content (AvgIpc) is 2.66. The van der Waals surface area contributed by atoms with E-state index in [1.807, 2.05) is 24.3 Å². The van der Waals surface area contributed by atoms with Crippen molar-refractivity contribution < 1.29 is 14.3 Å². The lowest BCUT2D eigenvalue weighted by Gasteiger charge is -2.08. The quantitative estimate of drug-likeness (QED) is 0.763. The number of nitrogens with zero attached hydrogens (tertiary/aromatic N) is 1. The minimum absolute atomic E-state index is 0.218. The Morgan fingerprint density at radius 3 is 2.19 bits per heavy atom. The first kappa shape index (κ1) is 19.4. The molecule has 138 valence electrons. The summed E-state index contributed by atoms with van der Waals surface area (Å²) in [6, 6.07) is 12.3. The van der Waals surface area contributed by atoms with Gasteiger partial charge in [-0.1, -0.05) is 32.0 Å². The van der Waals surface area contributed by atoms with Crippen molar-refractivity contribution in [2.45, 2.75) is 26.8 Å². The molecule has 2 N–H and O–H groups in total. The van der Waals surface area contributed by atoms with Crippen molar-refractivity contribution in [3.8, 4) is 5.75 Å². The minimum atomic E-state index is -0.322. The summed E-state index contributed by atoms with van der Waals surface area (Å²) in [5, 5.41) is 5.62. The average molecular weight is 355 g/mol. The second kappa shape index (κ2) is 9.56. The van der Waals surface area contributed by atoms with E-state index < -0.39 is 0 Å². The van der Waals surface area contributed by atoms with Gasteiger partial charge in [0.25, 0.3) is 11.8 Å². The van der Waals surface area contributed by atoms with Gasteiger partial charge in [-0.15, -0.1) is 0 Å². The van der Waals surface area contributed by atoms with Crippen LogP contribution in [0.25, 0.3) is 0 Å². The van der Waals surface area contributed by atoms with Crippen LogP contribution in [0.5, 0.6) is 5.75 Å². The van der Waals surface area contributed by atoms with Crippen LogP contribution in [0.4, 0.5) is 0 Å². The maximum atomic E-state index is 12.3. The van der Waals surface area contributed by atoms with Crippen molar-refractivity contribution in [3.05, 3.63) is 59.4 Å². The number of nitrogens with one attached hydrogen (secondary N) is 2. The summed E-state index contributed by atoms with van der Waals surface area (Å²) in [6.45, 7) is 5.15. The Kier molecular flexibility index (Phi) is 7.14. The van der Waals surface area contributed by atoms with E-state index in [0.29, 0.717) is 19.0 Å². The van der Waals surface area contributed by atoms with E-state index in [2.05, 4.69) is 29.5 Å². The maximum Gasteiger partial charge on any atom is 0.270 e. The van der Waals surface area contributed by atoms with Gasteiger partial charge in [0, 0.05) is 13.1 Å². The fourth-order valence-electron chi connectivity index (χ4n) is 2.27. The van der Waals surface area contributed by atoms with Gasteiger partial charge in [0.15, 0.2) is 0 Å². The van der Waals surface area contributed by atoms with Crippen molar-refractivity contribution in [3.63, 3.8) is 0 Å². The molecule has 6 nitrogen and oxygen atoms in total. The first-order chi connectivity index (χ1) is 12.5. The molecule has 6 heteroatoms. The smallest absolute Gasteiger partial charge is 0.270 e. The van der Waals surface area contributed by atoms with Crippen molar-refractivity contribution in [1.82, 2.24) is 15.6 Å². The summed E-state index contributed by atoms with van der Waals surface area (Å²) < 4.78 is 5.11. The number of rotatable bonds is 8. The number of pyridine rings is 1. The Morgan fingerprint density at radius 1 is 1.00 bits per heavy atom. The third-order valence-electron chi connectivity index (χ3n) is 3.83. The first-order valence-corrected chi connectivity index (χ1v) is 8.66. The second-order valence-corrected chi connectivity index (χ2v) is 6.38. The number of methoxy groups -OCH3 is 1. The van der Waals surface area contributed by atoms with Crippen LogP contribution in [0.1, 0.15) is 46.8 Å². The van der Waals surface area contributed by atoms with Crippen LogP contribution < -0.4 is 15.4 Å². The highest BCUT2D eigenvalue weighted by molar-refractivity contribution is 5.96. The van der Waals surface area contributed by atoms with Crippen molar-refractivity contribution in [2.24, 2.45) is 5.92 Å². The SMILES string of the molecule is COc1ccc(CNC(=O)c2cccc(C(=O)NCCC(C)C)n2)cc1. The van der Waals surface area contributed by atoms with Gasteiger partial charge in [-0.05, 0) is 42.2 Å². The summed E-state index contributed by atoms with van der Waals surface area (Å²) in [4.78, 5) is 28.6. The summed E-state index contributed by atoms with van der Waals surface area (Å²) in [5.74, 6) is 0.685. The van der Waals surface area contributed by atoms with Crippen LogP contribution in [0, 0.1) is 5.92 Å². The topological polar surface area (TPSA) is 80.3 Å². The van der Waals surface area contributed by atoms with Crippen molar-refractivity contribution in [2.75, 3.05) is 13.7 Å². The van der Waals surface area contributed by atoms with E-state index in [1.54, 1.807) is 25.3 Å². The summed E-state index contributed by atoms with van der Waals surface area (Å²) in [7, 11) is 1.61. The molecular weight excluding hydrogens is 330 g/mol. The Bertz CT molecular complexity index is 742. The standard InChI is InChI=1S/C20H25N3O3/c1-14(2)11-12-21-19(24)17-5-4-6-18(23-17)20(25)22-13-15-7-9-16(26-3)10-8-15/h4-10,14H,11-13H2,1-3H3,(H,21,24)(H,22,25). The monoisotopic (exact) mass is 355 g/mol. The van der Waals surface area contributed by atoms with E-state index >= 15 is 0 Å². The molecular formula is C20H25N3O3. The van der Waals surface area contributed by atoms with E-state index in [0.717, 1.165) is 17.7 Å². The minimum Gasteiger partial charge on any atom is -0.497 e. The molecule has 1 aromatic carbocycles. The number of ether oxygens (including phenoxy) is 1. The molecule has 1 heterocycles. The zero-order chi connectivity index (χ0) is 18.9. The zero-order valence-corrected chi connectivity index (χ0v) is 15.4. The molecule has 0 bridgehead atoms. The van der Waals surface area contributed by atoms with Gasteiger partial charge in [-0.2, -0.15) is 0 Å². The summed E-state index contributed by atoms with van der Waals surface area (Å²) >= 11 is 0. The van der Waals surface area contributed by atoms with E-state index in [1.165, 1.54) is 0 Å². The van der Waals surface area contributed by atoms with Gasteiger partial charge < -0.3 is 15.4 Å². The highest BCUT2D eigenvalue weighted by atomic mass is 16.5. The Labute approximate surface area is 154 Å². The van der Waals surface area contributed by atoms with Gasteiger partial charge in [0.2, 0.25) is 0 Å². The number of amides is 2. The molecule has 0 aliphatic heterocycles. The molecule has 0 aliphatic carbocycles. The molecule has 0 spiro atoms. The number of carbonyl (C=O) groups is 2. The second-order valence-electron chi connectivity index (χ2n) is 6.38. The van der Waals surface area contributed by atoms with E-state index in [-0.39, 0.29) is 23.2 Å². The molecule has 0 unspecified atom stereocenters. The number of carbonyl (C=O) groups excluding carboxylic acids is 2. The molecule has 0 aliphatic rings. The van der Waals surface area contributed by atoms with Gasteiger partial charge in [-0.25, -0.2) is 4.98 Å². The summed E-state index contributed by atoms with van der Waals surface area (Å²) in [6.07, 6.45) is 0.897. The zero-order valence-electron chi connectivity index (χ0n) is 15.4. The highest BCUT2D eigenvalue weighted by Gasteiger charge is 2.12. The molecule has 2 amide bonds. The van der Waals surface area contributed by atoms with Gasteiger partial charge in [-0.3, -0.25) is 9.59 Å². The molecule has 2 rings (SSSR count). The third kappa shape index (κ3) is 5.88. The molecule has 0 fully saturated rings. The van der Waals surface area contributed by atoms with Gasteiger partial charge >= 0.3 is 0 Å². The predicted molar refractivity (Wildman–Crippen MR) is 100 cm³/mol. The fourth-order valence-corrected chi connectivity index (χ4v) is 2.27. The molecule has 1 aromatic heterocycles. The van der Waals surface area contributed by atoms with Crippen LogP contribution in [-0.4, -0.2) is 30.5 Å². The van der Waals surface area contributed by atoms with Crippen LogP contribution in [0.2, 0.25) is 0 Å². The molecule has 0 atom stereocenters. The number of aromatic nitrogens is 1. The Hall–Kier alpha value is -2.89. The summed E-state index contributed by atoms with van der Waals surface area (Å²) in [5.41, 5.74) is 1.41. The van der Waals surface area contributed by atoms with Crippen molar-refractivity contribution >= 4 is 11.8 Å². The molecule has 0 saturated heterocycles. The Balaban J connectivity index is 1.93. The number of hydrogen-bond acceptors (Lipinski definition) is 4. The maximum absolute atomic E-state index is 12.3. The van der Waals surface area contributed by atoms with Crippen molar-refractivity contribution in [1.29, 1.82) is 0 Å². The molecule has 0 saturated carbocycles. The Morgan fingerprint density at radius 2 is 1.62 bits per heavy atom. The largest absolute Gasteiger partial charge is 0.497 e. The van der Waals surface area contributed by atoms with E-state index in [9.17, 15) is 9.59 Å². The molecule has 2 aromatic rings. The van der Waals surface area contributed by atoms with Crippen LogP contribution in [-0.2, 0) is 6.54 Å². The molecule has 26 heavy (non-hydrogen) atoms. The number of hydrogen-bond donors (Lipinski definition) is 2. The van der Waals surface area contributed by atoms with E-state index in [4.69, 9.17) is 4.74 Å². The van der Waals surface area contributed by atoms with Crippen LogP contribution >= 0.6 is 0 Å². The molecule has 0 radical (unpaired) electrons. The van der Waals surface area contributed by atoms with Gasteiger partial charge in [0.1, 0.15) is 17.1 Å². The lowest BCUT2D eigenvalue weighted by atomic mass is 10.1. The normalized spacial score (nSPS) is 10.5. The van der Waals surface area contributed by atoms with Crippen LogP contribution in [0.15, 0.2) is 42.5 Å². The number of benzene rings is 1. The third-order valence-corrected chi connectivity index (χ3v) is 3.83. The lowest BCUT2D eigenvalue weighted by molar-refractivity contribution is 0.0942. The lowest BCUT2D eigenvalue weighted by Crippen LogP contribution is -2.28.